The number of fused-ring (bicyclic) bond motifs is 2. The van der Waals surface area contributed by atoms with E-state index in [2.05, 4.69) is 28.5 Å². The Labute approximate surface area is 191 Å². The van der Waals surface area contributed by atoms with E-state index in [1.807, 2.05) is 13.8 Å². The zero-order valence-corrected chi connectivity index (χ0v) is 18.6. The number of aromatic nitrogens is 1. The Hall–Kier alpha value is -3.32. The summed E-state index contributed by atoms with van der Waals surface area (Å²) in [5.74, 6) is -1.41. The Morgan fingerprint density at radius 1 is 1.12 bits per heavy atom. The number of benzene rings is 2. The van der Waals surface area contributed by atoms with Gasteiger partial charge in [0.1, 0.15) is 5.82 Å². The lowest BCUT2D eigenvalue weighted by molar-refractivity contribution is -0.121. The molecule has 5 rings (SSSR count). The molecule has 5 nitrogen and oxygen atoms in total. The van der Waals surface area contributed by atoms with Gasteiger partial charge in [0.25, 0.3) is 5.91 Å². The number of rotatable bonds is 4. The highest BCUT2D eigenvalue weighted by molar-refractivity contribution is 5.99. The first-order valence-electron chi connectivity index (χ1n) is 11.2. The van der Waals surface area contributed by atoms with Crippen molar-refractivity contribution < 1.29 is 18.3 Å². The van der Waals surface area contributed by atoms with Gasteiger partial charge in [0, 0.05) is 30.3 Å². The smallest absolute Gasteiger partial charge is 0.265 e. The Morgan fingerprint density at radius 3 is 2.79 bits per heavy atom. The van der Waals surface area contributed by atoms with Crippen molar-refractivity contribution in [2.75, 3.05) is 18.1 Å². The summed E-state index contributed by atoms with van der Waals surface area (Å²) in [6, 6.07) is 10.7. The van der Waals surface area contributed by atoms with Crippen molar-refractivity contribution in [1.82, 2.24) is 10.3 Å². The molecule has 0 radical (unpaired) electrons. The summed E-state index contributed by atoms with van der Waals surface area (Å²) in [6.45, 7) is 5.30. The highest BCUT2D eigenvalue weighted by Crippen LogP contribution is 2.40. The predicted molar refractivity (Wildman–Crippen MR) is 122 cm³/mol. The summed E-state index contributed by atoms with van der Waals surface area (Å²) in [6.07, 6.45) is 2.69. The minimum atomic E-state index is -0.623. The summed E-state index contributed by atoms with van der Waals surface area (Å²) in [4.78, 5) is 18.1. The van der Waals surface area contributed by atoms with Gasteiger partial charge in [-0.1, -0.05) is 18.2 Å². The van der Waals surface area contributed by atoms with E-state index in [0.717, 1.165) is 25.1 Å². The normalized spacial score (nSPS) is 15.3. The van der Waals surface area contributed by atoms with Gasteiger partial charge in [-0.05, 0) is 67.3 Å². The molecule has 0 bridgehead atoms. The number of nitrogens with one attached hydrogen (secondary N) is 1. The van der Waals surface area contributed by atoms with Gasteiger partial charge in [-0.15, -0.1) is 0 Å². The van der Waals surface area contributed by atoms with Gasteiger partial charge in [-0.3, -0.25) is 9.78 Å². The van der Waals surface area contributed by atoms with Crippen LogP contribution in [-0.2, 0) is 24.2 Å². The SMILES string of the molecule is CC(C)N1C(=O)COc2c(F)cc(-c3cc(Cc4ccc5c(c4)CCNC5)ncc3F)cc21. The highest BCUT2D eigenvalue weighted by Gasteiger charge is 2.31. The van der Waals surface area contributed by atoms with Crippen molar-refractivity contribution in [3.05, 3.63) is 76.6 Å². The molecule has 3 heterocycles. The monoisotopic (exact) mass is 449 g/mol. The molecule has 33 heavy (non-hydrogen) atoms. The fourth-order valence-corrected chi connectivity index (χ4v) is 4.61. The summed E-state index contributed by atoms with van der Waals surface area (Å²) in [7, 11) is 0. The number of carbonyl (C=O) groups is 1. The first-order valence-corrected chi connectivity index (χ1v) is 11.2. The number of nitrogens with zero attached hydrogens (tertiary/aromatic N) is 2. The number of carbonyl (C=O) groups excluding carboxylic acids is 1. The van der Waals surface area contributed by atoms with Crippen LogP contribution < -0.4 is 15.0 Å². The van der Waals surface area contributed by atoms with Gasteiger partial charge in [-0.25, -0.2) is 8.78 Å². The van der Waals surface area contributed by atoms with Crippen molar-refractivity contribution in [1.29, 1.82) is 0 Å². The first kappa shape index (κ1) is 21.5. The maximum absolute atomic E-state index is 14.9. The molecule has 0 aliphatic carbocycles. The Kier molecular flexibility index (Phi) is 5.58. The minimum absolute atomic E-state index is 0.0188. The van der Waals surface area contributed by atoms with E-state index in [1.54, 1.807) is 12.1 Å². The van der Waals surface area contributed by atoms with Crippen LogP contribution in [0.5, 0.6) is 5.75 Å². The summed E-state index contributed by atoms with van der Waals surface area (Å²) in [5, 5.41) is 3.36. The number of halogens is 2. The quantitative estimate of drug-likeness (QED) is 0.642. The van der Waals surface area contributed by atoms with Gasteiger partial charge >= 0.3 is 0 Å². The van der Waals surface area contributed by atoms with Crippen molar-refractivity contribution in [2.24, 2.45) is 0 Å². The molecule has 0 fully saturated rings. The van der Waals surface area contributed by atoms with Crippen LogP contribution in [0, 0.1) is 11.6 Å². The maximum Gasteiger partial charge on any atom is 0.265 e. The van der Waals surface area contributed by atoms with Gasteiger partial charge in [-0.2, -0.15) is 0 Å². The fourth-order valence-electron chi connectivity index (χ4n) is 4.61. The average Bonchev–Trinajstić information content (AvgIpc) is 2.79. The van der Waals surface area contributed by atoms with Crippen LogP contribution in [0.15, 0.2) is 42.6 Å². The van der Waals surface area contributed by atoms with E-state index in [4.69, 9.17) is 4.74 Å². The zero-order chi connectivity index (χ0) is 23.1. The number of hydrogen-bond donors (Lipinski definition) is 1. The zero-order valence-electron chi connectivity index (χ0n) is 18.6. The van der Waals surface area contributed by atoms with Gasteiger partial charge in [0.2, 0.25) is 0 Å². The third kappa shape index (κ3) is 4.09. The van der Waals surface area contributed by atoms with E-state index in [-0.39, 0.29) is 29.9 Å². The van der Waals surface area contributed by atoms with E-state index >= 15 is 0 Å². The molecular weight excluding hydrogens is 424 g/mol. The molecule has 2 aliphatic rings. The van der Waals surface area contributed by atoms with Crippen LogP contribution in [0.4, 0.5) is 14.5 Å². The molecule has 1 amide bonds. The lowest BCUT2D eigenvalue weighted by Gasteiger charge is -2.33. The van der Waals surface area contributed by atoms with Crippen LogP contribution in [0.2, 0.25) is 0 Å². The van der Waals surface area contributed by atoms with E-state index < -0.39 is 11.6 Å². The molecule has 0 saturated carbocycles. The molecular formula is C26H25F2N3O2. The summed E-state index contributed by atoms with van der Waals surface area (Å²) < 4.78 is 35.1. The minimum Gasteiger partial charge on any atom is -0.478 e. The first-order chi connectivity index (χ1) is 15.9. The van der Waals surface area contributed by atoms with E-state index in [0.29, 0.717) is 23.4 Å². The Bertz CT molecular complexity index is 1240. The van der Waals surface area contributed by atoms with Crippen LogP contribution in [0.3, 0.4) is 0 Å². The second-order valence-electron chi connectivity index (χ2n) is 8.81. The molecule has 2 aliphatic heterocycles. The van der Waals surface area contributed by atoms with Crippen LogP contribution in [0.25, 0.3) is 11.1 Å². The number of pyridine rings is 1. The standard InChI is InChI=1S/C26H25F2N3O2/c1-15(2)31-24-10-19(9-22(27)26(24)33-14-25(31)32)21-11-20(30-13-23(21)28)8-16-3-4-18-12-29-6-5-17(18)7-16/h3-4,7,9-11,13,15,29H,5-6,8,12,14H2,1-2H3. The summed E-state index contributed by atoms with van der Waals surface area (Å²) in [5.41, 5.74) is 5.31. The van der Waals surface area contributed by atoms with Crippen LogP contribution >= 0.6 is 0 Å². The number of anilines is 1. The molecule has 0 atom stereocenters. The van der Waals surface area contributed by atoms with Gasteiger partial charge in [0.15, 0.2) is 18.2 Å². The second-order valence-corrected chi connectivity index (χ2v) is 8.81. The third-order valence-electron chi connectivity index (χ3n) is 6.17. The van der Waals surface area contributed by atoms with Crippen LogP contribution in [0.1, 0.15) is 36.2 Å². The number of amides is 1. The molecule has 1 N–H and O–H groups in total. The lowest BCUT2D eigenvalue weighted by atomic mass is 9.96. The second kappa shape index (κ2) is 8.56. The van der Waals surface area contributed by atoms with Gasteiger partial charge < -0.3 is 15.0 Å². The molecule has 0 spiro atoms. The van der Waals surface area contributed by atoms with E-state index in [9.17, 15) is 13.6 Å². The van der Waals surface area contributed by atoms with Crippen molar-refractivity contribution in [3.8, 4) is 16.9 Å². The van der Waals surface area contributed by atoms with Gasteiger partial charge in [0.05, 0.1) is 11.9 Å². The molecule has 2 aromatic carbocycles. The highest BCUT2D eigenvalue weighted by atomic mass is 19.1. The van der Waals surface area contributed by atoms with Crippen molar-refractivity contribution >= 4 is 11.6 Å². The predicted octanol–water partition coefficient (Wildman–Crippen LogP) is 4.40. The number of ether oxygens (including phenoxy) is 1. The van der Waals surface area contributed by atoms with Crippen LogP contribution in [-0.4, -0.2) is 30.1 Å². The van der Waals surface area contributed by atoms with Crippen molar-refractivity contribution in [2.45, 2.75) is 39.3 Å². The van der Waals surface area contributed by atoms with E-state index in [1.165, 1.54) is 28.3 Å². The Balaban J connectivity index is 1.51. The molecule has 1 aromatic heterocycles. The molecule has 170 valence electrons. The molecule has 0 saturated heterocycles. The topological polar surface area (TPSA) is 54.5 Å². The lowest BCUT2D eigenvalue weighted by Crippen LogP contribution is -2.43. The molecule has 7 heteroatoms. The third-order valence-corrected chi connectivity index (χ3v) is 6.17. The largest absolute Gasteiger partial charge is 0.478 e. The fraction of sp³-hybridized carbons (Fsp3) is 0.308. The molecule has 3 aromatic rings. The number of hydrogen-bond acceptors (Lipinski definition) is 4. The Morgan fingerprint density at radius 2 is 1.97 bits per heavy atom. The molecule has 0 unspecified atom stereocenters. The van der Waals surface area contributed by atoms with Crippen molar-refractivity contribution in [3.63, 3.8) is 0 Å². The maximum atomic E-state index is 14.9. The average molecular weight is 450 g/mol. The summed E-state index contributed by atoms with van der Waals surface area (Å²) >= 11 is 0.